The number of hydrogen-bond acceptors (Lipinski definition) is 6. The molecule has 174 valence electrons. The molecule has 0 atom stereocenters. The number of anilines is 2. The van der Waals surface area contributed by atoms with Crippen LogP contribution in [0.4, 0.5) is 11.4 Å². The molecule has 0 radical (unpaired) electrons. The van der Waals surface area contributed by atoms with Crippen LogP contribution in [0.5, 0.6) is 5.75 Å². The van der Waals surface area contributed by atoms with Gasteiger partial charge in [0.05, 0.1) is 23.2 Å². The second-order valence-corrected chi connectivity index (χ2v) is 10.5. The van der Waals surface area contributed by atoms with Gasteiger partial charge in [0.15, 0.2) is 0 Å². The number of sulfone groups is 1. The predicted molar refractivity (Wildman–Crippen MR) is 136 cm³/mol. The number of benzene rings is 3. The van der Waals surface area contributed by atoms with Crippen LogP contribution < -0.4 is 14.5 Å². The Morgan fingerprint density at radius 2 is 1.56 bits per heavy atom. The fourth-order valence-corrected chi connectivity index (χ4v) is 5.99. The van der Waals surface area contributed by atoms with Crippen LogP contribution in [0.1, 0.15) is 0 Å². The van der Waals surface area contributed by atoms with Crippen LogP contribution in [-0.4, -0.2) is 46.7 Å². The molecule has 0 saturated carbocycles. The maximum Gasteiger partial charge on any atom is 0.210 e. The highest BCUT2D eigenvalue weighted by molar-refractivity contribution is 7.91. The van der Waals surface area contributed by atoms with Crippen LogP contribution in [0.3, 0.4) is 0 Å². The van der Waals surface area contributed by atoms with E-state index in [-0.39, 0.29) is 9.79 Å². The number of fused-ring (bicyclic) bond motifs is 1. The van der Waals surface area contributed by atoms with Crippen LogP contribution in [0, 0.1) is 0 Å². The maximum absolute atomic E-state index is 13.7. The molecule has 1 aromatic heterocycles. The predicted octanol–water partition coefficient (Wildman–Crippen LogP) is 5.06. The van der Waals surface area contributed by atoms with E-state index in [1.165, 1.54) is 6.20 Å². The highest BCUT2D eigenvalue weighted by atomic mass is 35.5. The van der Waals surface area contributed by atoms with Crippen molar-refractivity contribution < 1.29 is 13.2 Å². The van der Waals surface area contributed by atoms with Gasteiger partial charge in [-0.05, 0) is 54.6 Å². The third kappa shape index (κ3) is 4.17. The van der Waals surface area contributed by atoms with E-state index < -0.39 is 9.84 Å². The van der Waals surface area contributed by atoms with Crippen molar-refractivity contribution in [3.05, 3.63) is 84.0 Å². The molecule has 5 rings (SSSR count). The number of hydrogen-bond donors (Lipinski definition) is 0. The Kier molecular flexibility index (Phi) is 6.06. The van der Waals surface area contributed by atoms with Gasteiger partial charge in [-0.3, -0.25) is 4.98 Å². The molecule has 34 heavy (non-hydrogen) atoms. The van der Waals surface area contributed by atoms with E-state index in [1.807, 2.05) is 30.3 Å². The molecular weight excluding hydrogens is 470 g/mol. The number of pyridine rings is 1. The Balaban J connectivity index is 1.54. The van der Waals surface area contributed by atoms with Crippen LogP contribution in [0.2, 0.25) is 5.02 Å². The van der Waals surface area contributed by atoms with E-state index in [9.17, 15) is 8.42 Å². The van der Waals surface area contributed by atoms with E-state index in [4.69, 9.17) is 16.3 Å². The van der Waals surface area contributed by atoms with Gasteiger partial charge in [0.25, 0.3) is 0 Å². The highest BCUT2D eigenvalue weighted by Gasteiger charge is 2.29. The lowest BCUT2D eigenvalue weighted by Crippen LogP contribution is -2.47. The first-order valence-electron chi connectivity index (χ1n) is 11.0. The van der Waals surface area contributed by atoms with Gasteiger partial charge in [0, 0.05) is 48.5 Å². The summed E-state index contributed by atoms with van der Waals surface area (Å²) >= 11 is 6.33. The van der Waals surface area contributed by atoms with Crippen molar-refractivity contribution in [2.24, 2.45) is 0 Å². The zero-order valence-electron chi connectivity index (χ0n) is 18.7. The van der Waals surface area contributed by atoms with Gasteiger partial charge in [-0.2, -0.15) is 0 Å². The average Bonchev–Trinajstić information content (AvgIpc) is 2.88. The topological polar surface area (TPSA) is 62.7 Å². The molecule has 1 aliphatic heterocycles. The number of ether oxygens (including phenoxy) is 1. The first-order valence-corrected chi connectivity index (χ1v) is 12.9. The summed E-state index contributed by atoms with van der Waals surface area (Å²) in [4.78, 5) is 9.33. The molecule has 1 saturated heterocycles. The van der Waals surface area contributed by atoms with Gasteiger partial charge in [-0.25, -0.2) is 8.42 Å². The number of rotatable bonds is 5. The first kappa shape index (κ1) is 22.5. The van der Waals surface area contributed by atoms with Crippen LogP contribution in [0.15, 0.2) is 88.8 Å². The summed E-state index contributed by atoms with van der Waals surface area (Å²) in [6.07, 6.45) is 1.48. The number of halogens is 1. The summed E-state index contributed by atoms with van der Waals surface area (Å²) in [6.45, 7) is 2.83. The lowest BCUT2D eigenvalue weighted by molar-refractivity contribution is 0.415. The lowest BCUT2D eigenvalue weighted by Gasteiger charge is -2.38. The molecule has 6 nitrogen and oxygen atoms in total. The zero-order chi connectivity index (χ0) is 23.7. The largest absolute Gasteiger partial charge is 0.497 e. The molecule has 8 heteroatoms. The van der Waals surface area contributed by atoms with E-state index in [1.54, 1.807) is 49.6 Å². The molecule has 2 heterocycles. The average molecular weight is 494 g/mol. The van der Waals surface area contributed by atoms with Crippen molar-refractivity contribution in [3.63, 3.8) is 0 Å². The van der Waals surface area contributed by atoms with E-state index in [0.717, 1.165) is 29.9 Å². The summed E-state index contributed by atoms with van der Waals surface area (Å²) in [5, 5.41) is 1.28. The Labute approximate surface area is 204 Å². The van der Waals surface area contributed by atoms with E-state index >= 15 is 0 Å². The minimum Gasteiger partial charge on any atom is -0.497 e. The Morgan fingerprint density at radius 3 is 2.24 bits per heavy atom. The zero-order valence-corrected chi connectivity index (χ0v) is 20.3. The van der Waals surface area contributed by atoms with Gasteiger partial charge in [-0.1, -0.05) is 29.8 Å². The number of methoxy groups -OCH3 is 1. The Bertz CT molecular complexity index is 1420. The van der Waals surface area contributed by atoms with E-state index in [2.05, 4.69) is 14.8 Å². The highest BCUT2D eigenvalue weighted by Crippen LogP contribution is 2.37. The monoisotopic (exact) mass is 493 g/mol. The minimum absolute atomic E-state index is 0.200. The molecule has 0 amide bonds. The molecule has 0 unspecified atom stereocenters. The number of piperazine rings is 1. The number of aromatic nitrogens is 1. The summed E-state index contributed by atoms with van der Waals surface area (Å²) in [7, 11) is -2.12. The standard InChI is InChI=1S/C26H24ClN3O3S/c1-33-21-10-8-20(9-11-21)29-13-15-30(16-14-29)26-23-17-19(27)7-12-24(23)28-18-25(26)34(31,32)22-5-3-2-4-6-22/h2-12,17-18H,13-16H2,1H3. The van der Waals surface area contributed by atoms with Gasteiger partial charge in [0.1, 0.15) is 10.6 Å². The quantitative estimate of drug-likeness (QED) is 0.387. The van der Waals surface area contributed by atoms with Crippen LogP contribution >= 0.6 is 11.6 Å². The second-order valence-electron chi connectivity index (χ2n) is 8.12. The van der Waals surface area contributed by atoms with Crippen molar-refractivity contribution in [1.82, 2.24) is 4.98 Å². The fraction of sp³-hybridized carbons (Fsp3) is 0.192. The minimum atomic E-state index is -3.77. The Hall–Kier alpha value is -3.29. The molecule has 0 bridgehead atoms. The normalized spacial score (nSPS) is 14.4. The van der Waals surface area contributed by atoms with Crippen molar-refractivity contribution >= 4 is 43.7 Å². The van der Waals surface area contributed by atoms with Crippen molar-refractivity contribution in [1.29, 1.82) is 0 Å². The van der Waals surface area contributed by atoms with Crippen molar-refractivity contribution in [2.45, 2.75) is 9.79 Å². The Morgan fingerprint density at radius 1 is 0.882 bits per heavy atom. The number of nitrogens with zero attached hydrogens (tertiary/aromatic N) is 3. The first-order chi connectivity index (χ1) is 16.5. The smallest absolute Gasteiger partial charge is 0.210 e. The van der Waals surface area contributed by atoms with Gasteiger partial charge >= 0.3 is 0 Å². The fourth-order valence-electron chi connectivity index (χ4n) is 4.36. The molecule has 0 N–H and O–H groups in total. The second kappa shape index (κ2) is 9.16. The van der Waals surface area contributed by atoms with Gasteiger partial charge < -0.3 is 14.5 Å². The summed E-state index contributed by atoms with van der Waals surface area (Å²) in [6, 6.07) is 21.9. The van der Waals surface area contributed by atoms with Gasteiger partial charge in [0.2, 0.25) is 9.84 Å². The molecule has 4 aromatic rings. The molecule has 0 spiro atoms. The lowest BCUT2D eigenvalue weighted by atomic mass is 10.1. The molecule has 0 aliphatic carbocycles. The van der Waals surface area contributed by atoms with Crippen molar-refractivity contribution in [2.75, 3.05) is 43.1 Å². The third-order valence-electron chi connectivity index (χ3n) is 6.14. The van der Waals surface area contributed by atoms with Crippen LogP contribution in [0.25, 0.3) is 10.9 Å². The summed E-state index contributed by atoms with van der Waals surface area (Å²) in [5.74, 6) is 0.818. The summed E-state index contributed by atoms with van der Waals surface area (Å²) in [5.41, 5.74) is 2.48. The summed E-state index contributed by atoms with van der Waals surface area (Å²) < 4.78 is 32.6. The van der Waals surface area contributed by atoms with Crippen molar-refractivity contribution in [3.8, 4) is 5.75 Å². The molecule has 1 fully saturated rings. The molecule has 1 aliphatic rings. The van der Waals surface area contributed by atoms with Crippen LogP contribution in [-0.2, 0) is 9.84 Å². The maximum atomic E-state index is 13.7. The SMILES string of the molecule is COc1ccc(N2CCN(c3c(S(=O)(=O)c4ccccc4)cnc4ccc(Cl)cc34)CC2)cc1. The van der Waals surface area contributed by atoms with E-state index in [0.29, 0.717) is 29.3 Å². The molecule has 3 aromatic carbocycles. The third-order valence-corrected chi connectivity index (χ3v) is 8.15. The van der Waals surface area contributed by atoms with Gasteiger partial charge in [-0.15, -0.1) is 0 Å². The molecular formula is C26H24ClN3O3S.